The molecule has 0 fully saturated rings. The number of aryl methyl sites for hydroxylation is 2. The van der Waals surface area contributed by atoms with Gasteiger partial charge in [0.2, 0.25) is 0 Å². The number of hydrogen-bond acceptors (Lipinski definition) is 3. The van der Waals surface area contributed by atoms with Crippen molar-refractivity contribution in [1.29, 1.82) is 0 Å². The smallest absolute Gasteiger partial charge is 0.323 e. The van der Waals surface area contributed by atoms with Gasteiger partial charge in [-0.15, -0.1) is 0 Å². The molecule has 1 aromatic heterocycles. The van der Waals surface area contributed by atoms with Crippen molar-refractivity contribution >= 4 is 44.2 Å². The zero-order valence-corrected chi connectivity index (χ0v) is 15.7. The fraction of sp³-hybridized carbons (Fsp3) is 0.167. The van der Waals surface area contributed by atoms with E-state index >= 15 is 0 Å². The number of aliphatic carboxylic acids is 1. The van der Waals surface area contributed by atoms with Crippen molar-refractivity contribution in [2.24, 2.45) is 0 Å². The van der Waals surface area contributed by atoms with Gasteiger partial charge in [-0.1, -0.05) is 23.7 Å². The molecule has 0 aliphatic carbocycles. The first-order valence-electron chi connectivity index (χ1n) is 7.78. The third-order valence-electron chi connectivity index (χ3n) is 4.08. The number of carbonyl (C=O) groups is 1. The number of halogens is 1. The van der Waals surface area contributed by atoms with E-state index in [1.807, 2.05) is 0 Å². The average Bonchev–Trinajstić information content (AvgIpc) is 2.94. The van der Waals surface area contributed by atoms with Crippen LogP contribution in [0.1, 0.15) is 11.1 Å². The maximum Gasteiger partial charge on any atom is 0.323 e. The quantitative estimate of drug-likeness (QED) is 0.691. The number of para-hydroxylation sites is 1. The number of nitrogens with zero attached hydrogens (tertiary/aromatic N) is 1. The van der Waals surface area contributed by atoms with Gasteiger partial charge in [-0.05, 0) is 49.2 Å². The Labute approximate surface area is 156 Å². The molecule has 0 aliphatic heterocycles. The predicted molar refractivity (Wildman–Crippen MR) is 101 cm³/mol. The normalized spacial score (nSPS) is 11.7. The molecule has 0 saturated heterocycles. The Morgan fingerprint density at radius 2 is 1.92 bits per heavy atom. The topological polar surface area (TPSA) is 88.4 Å². The fourth-order valence-electron chi connectivity index (χ4n) is 2.86. The van der Waals surface area contributed by atoms with Crippen molar-refractivity contribution in [2.75, 3.05) is 4.72 Å². The highest BCUT2D eigenvalue weighted by molar-refractivity contribution is 7.92. The number of hydrogen-bond donors (Lipinski definition) is 2. The molecule has 0 saturated carbocycles. The molecule has 2 aromatic carbocycles. The summed E-state index contributed by atoms with van der Waals surface area (Å²) >= 11 is 6.05. The number of aromatic nitrogens is 1. The second kappa shape index (κ2) is 6.66. The molecule has 0 spiro atoms. The summed E-state index contributed by atoms with van der Waals surface area (Å²) < 4.78 is 29.9. The summed E-state index contributed by atoms with van der Waals surface area (Å²) in [4.78, 5) is 11.2. The van der Waals surface area contributed by atoms with E-state index in [-0.39, 0.29) is 11.4 Å². The van der Waals surface area contributed by atoms with E-state index < -0.39 is 16.0 Å². The highest BCUT2D eigenvalue weighted by atomic mass is 35.5. The first-order valence-corrected chi connectivity index (χ1v) is 9.64. The summed E-state index contributed by atoms with van der Waals surface area (Å²) in [5.74, 6) is -1.01. The van der Waals surface area contributed by atoms with Crippen LogP contribution in [0.5, 0.6) is 0 Å². The zero-order chi connectivity index (χ0) is 19.1. The number of rotatable bonds is 5. The Balaban J connectivity index is 2.10. The van der Waals surface area contributed by atoms with E-state index in [2.05, 4.69) is 4.72 Å². The molecule has 0 unspecified atom stereocenters. The van der Waals surface area contributed by atoms with Crippen molar-refractivity contribution in [1.82, 2.24) is 4.57 Å². The monoisotopic (exact) mass is 392 g/mol. The predicted octanol–water partition coefficient (Wildman–Crippen LogP) is 3.80. The highest BCUT2D eigenvalue weighted by Gasteiger charge is 2.20. The van der Waals surface area contributed by atoms with Crippen LogP contribution in [-0.4, -0.2) is 24.1 Å². The van der Waals surface area contributed by atoms with E-state index in [0.717, 1.165) is 5.39 Å². The Hall–Kier alpha value is -2.51. The molecule has 8 heteroatoms. The number of sulfonamides is 1. The molecule has 0 aliphatic rings. The van der Waals surface area contributed by atoms with Crippen LogP contribution in [0.4, 0.5) is 5.69 Å². The van der Waals surface area contributed by atoms with Crippen LogP contribution in [0, 0.1) is 13.8 Å². The lowest BCUT2D eigenvalue weighted by Gasteiger charge is -2.14. The maximum atomic E-state index is 12.9. The van der Waals surface area contributed by atoms with E-state index in [0.29, 0.717) is 27.4 Å². The van der Waals surface area contributed by atoms with E-state index in [1.165, 1.54) is 10.6 Å². The summed E-state index contributed by atoms with van der Waals surface area (Å²) in [6, 6.07) is 9.99. The van der Waals surface area contributed by atoms with Crippen LogP contribution < -0.4 is 4.72 Å². The van der Waals surface area contributed by atoms with Gasteiger partial charge in [0.05, 0.1) is 16.1 Å². The van der Waals surface area contributed by atoms with Gasteiger partial charge in [0, 0.05) is 16.6 Å². The van der Waals surface area contributed by atoms with Crippen LogP contribution in [-0.2, 0) is 21.4 Å². The van der Waals surface area contributed by atoms with Crippen LogP contribution in [0.3, 0.4) is 0 Å². The zero-order valence-electron chi connectivity index (χ0n) is 14.2. The summed E-state index contributed by atoms with van der Waals surface area (Å²) in [7, 11) is -3.87. The highest BCUT2D eigenvalue weighted by Crippen LogP contribution is 2.29. The van der Waals surface area contributed by atoms with Gasteiger partial charge in [0.25, 0.3) is 10.0 Å². The standard InChI is InChI=1S/C18H17ClN2O4S/c1-11-9-16(12(2)8-14(11)19)26(24,25)20-15-5-3-4-13-6-7-21(18(13)15)10-17(22)23/h3-9,20H,10H2,1-2H3,(H,22,23). The molecule has 2 N–H and O–H groups in total. The molecule has 6 nitrogen and oxygen atoms in total. The number of anilines is 1. The van der Waals surface area contributed by atoms with Crippen molar-refractivity contribution in [3.63, 3.8) is 0 Å². The number of benzene rings is 2. The van der Waals surface area contributed by atoms with Gasteiger partial charge >= 0.3 is 5.97 Å². The van der Waals surface area contributed by atoms with Gasteiger partial charge in [-0.25, -0.2) is 8.42 Å². The second-order valence-corrected chi connectivity index (χ2v) is 8.11. The van der Waals surface area contributed by atoms with Crippen molar-refractivity contribution in [3.05, 3.63) is 58.7 Å². The van der Waals surface area contributed by atoms with Gasteiger partial charge in [0.1, 0.15) is 6.54 Å². The van der Waals surface area contributed by atoms with Crippen LogP contribution >= 0.6 is 11.6 Å². The van der Waals surface area contributed by atoms with Gasteiger partial charge in [0.15, 0.2) is 0 Å². The number of carboxylic acid groups (broad SMARTS) is 1. The Bertz CT molecular complexity index is 1120. The van der Waals surface area contributed by atoms with Gasteiger partial charge < -0.3 is 9.67 Å². The molecule has 3 rings (SSSR count). The van der Waals surface area contributed by atoms with E-state index in [1.54, 1.807) is 50.4 Å². The average molecular weight is 393 g/mol. The van der Waals surface area contributed by atoms with E-state index in [9.17, 15) is 13.2 Å². The second-order valence-electron chi connectivity index (χ2n) is 6.05. The lowest BCUT2D eigenvalue weighted by atomic mass is 10.2. The Morgan fingerprint density at radius 1 is 1.19 bits per heavy atom. The molecular weight excluding hydrogens is 376 g/mol. The molecule has 0 atom stereocenters. The maximum absolute atomic E-state index is 12.9. The number of fused-ring (bicyclic) bond motifs is 1. The molecule has 1 heterocycles. The first-order chi connectivity index (χ1) is 12.2. The van der Waals surface area contributed by atoms with Gasteiger partial charge in [-0.3, -0.25) is 9.52 Å². The first kappa shape index (κ1) is 18.3. The van der Waals surface area contributed by atoms with E-state index in [4.69, 9.17) is 16.7 Å². The lowest BCUT2D eigenvalue weighted by Crippen LogP contribution is -2.16. The summed E-state index contributed by atoms with van der Waals surface area (Å²) in [5.41, 5.74) is 2.02. The Morgan fingerprint density at radius 3 is 2.62 bits per heavy atom. The molecule has 136 valence electrons. The van der Waals surface area contributed by atoms with Crippen LogP contribution in [0.25, 0.3) is 10.9 Å². The SMILES string of the molecule is Cc1cc(S(=O)(=O)Nc2cccc3ccn(CC(=O)O)c23)c(C)cc1Cl. The minimum atomic E-state index is -3.87. The molecule has 26 heavy (non-hydrogen) atoms. The molecule has 3 aromatic rings. The van der Waals surface area contributed by atoms with Gasteiger partial charge in [-0.2, -0.15) is 0 Å². The third kappa shape index (κ3) is 3.40. The number of nitrogens with one attached hydrogen (secondary N) is 1. The van der Waals surface area contributed by atoms with Crippen molar-refractivity contribution in [3.8, 4) is 0 Å². The van der Waals surface area contributed by atoms with Crippen LogP contribution in [0.15, 0.2) is 47.5 Å². The summed E-state index contributed by atoms with van der Waals surface area (Å²) in [5, 5.41) is 10.3. The molecular formula is C18H17ClN2O4S. The van der Waals surface area contributed by atoms with Crippen molar-refractivity contribution < 1.29 is 18.3 Å². The van der Waals surface area contributed by atoms with Crippen molar-refractivity contribution in [2.45, 2.75) is 25.3 Å². The molecule has 0 radical (unpaired) electrons. The number of carboxylic acids is 1. The minimum absolute atomic E-state index is 0.132. The minimum Gasteiger partial charge on any atom is -0.480 e. The molecule has 0 bridgehead atoms. The third-order valence-corrected chi connectivity index (χ3v) is 6.00. The molecule has 0 amide bonds. The van der Waals surface area contributed by atoms with Crippen LogP contribution in [0.2, 0.25) is 5.02 Å². The largest absolute Gasteiger partial charge is 0.480 e. The summed E-state index contributed by atoms with van der Waals surface area (Å²) in [6.45, 7) is 3.15. The lowest BCUT2D eigenvalue weighted by molar-refractivity contribution is -0.137. The Kier molecular flexibility index (Phi) is 4.68. The summed E-state index contributed by atoms with van der Waals surface area (Å²) in [6.07, 6.45) is 1.62. The fourth-order valence-corrected chi connectivity index (χ4v) is 4.46.